The molecule has 14 nitrogen and oxygen atoms in total. The monoisotopic (exact) mass is 657 g/mol. The van der Waals surface area contributed by atoms with Gasteiger partial charge in [-0.25, -0.2) is 0 Å². The van der Waals surface area contributed by atoms with Crippen LogP contribution in [0.25, 0.3) is 0 Å². The standard InChI is InChI=1S/C31H63NO13/c1-2-3-32-4-6-33-8-10-35-12-14-37-16-18-39-20-22-41-24-26-43-28-30-45-31-29-44-27-25-42-23-21-40-19-17-38-15-13-36-11-9-34-7-5-32/h2-31H2,1H3. The van der Waals surface area contributed by atoms with E-state index in [1.165, 1.54) is 0 Å². The normalized spacial score (nSPS) is 23.7. The van der Waals surface area contributed by atoms with Gasteiger partial charge in [0.15, 0.2) is 0 Å². The summed E-state index contributed by atoms with van der Waals surface area (Å²) in [7, 11) is 0. The Labute approximate surface area is 271 Å². The van der Waals surface area contributed by atoms with Crippen molar-refractivity contribution in [3.05, 3.63) is 0 Å². The highest BCUT2D eigenvalue weighted by molar-refractivity contribution is 4.56. The van der Waals surface area contributed by atoms with Crippen LogP contribution in [0, 0.1) is 0 Å². The number of hydrogen-bond donors (Lipinski definition) is 0. The molecule has 0 saturated carbocycles. The van der Waals surface area contributed by atoms with Crippen LogP contribution in [0.15, 0.2) is 0 Å². The molecule has 1 aliphatic heterocycles. The molecule has 0 unspecified atom stereocenters. The first-order valence-electron chi connectivity index (χ1n) is 16.7. The molecule has 0 aliphatic carbocycles. The third-order valence-corrected chi connectivity index (χ3v) is 6.11. The summed E-state index contributed by atoms with van der Waals surface area (Å²) in [6.45, 7) is 18.9. The molecule has 0 N–H and O–H groups in total. The second kappa shape index (κ2) is 37.9. The Bertz CT molecular complexity index is 512. The molecule has 1 rings (SSSR count). The van der Waals surface area contributed by atoms with Crippen molar-refractivity contribution < 1.29 is 61.6 Å². The molecule has 0 radical (unpaired) electrons. The molecule has 0 amide bonds. The fourth-order valence-electron chi connectivity index (χ4n) is 3.78. The zero-order chi connectivity index (χ0) is 32.0. The van der Waals surface area contributed by atoms with E-state index in [4.69, 9.17) is 61.6 Å². The van der Waals surface area contributed by atoms with Gasteiger partial charge in [0.25, 0.3) is 0 Å². The SMILES string of the molecule is CCCN1CCOCCOCCOCCOCCOCCOCCOCCOCCOCCOCCOCCOCCOCC1. The second-order valence-electron chi connectivity index (χ2n) is 9.80. The zero-order valence-electron chi connectivity index (χ0n) is 28.0. The van der Waals surface area contributed by atoms with Crippen LogP contribution < -0.4 is 0 Å². The summed E-state index contributed by atoms with van der Waals surface area (Å²) in [6.07, 6.45) is 1.09. The molecule has 1 aliphatic rings. The summed E-state index contributed by atoms with van der Waals surface area (Å²) < 4.78 is 72.1. The molecule has 1 saturated heterocycles. The lowest BCUT2D eigenvalue weighted by Gasteiger charge is -2.21. The molecule has 0 bridgehead atoms. The Balaban J connectivity index is 2.11. The molecule has 1 fully saturated rings. The molecule has 14 heteroatoms. The van der Waals surface area contributed by atoms with Gasteiger partial charge in [0.05, 0.1) is 172 Å². The van der Waals surface area contributed by atoms with Gasteiger partial charge in [0, 0.05) is 13.1 Å². The molecule has 0 aromatic heterocycles. The minimum atomic E-state index is 0.517. The number of rotatable bonds is 2. The van der Waals surface area contributed by atoms with Gasteiger partial charge in [-0.2, -0.15) is 0 Å². The largest absolute Gasteiger partial charge is 0.378 e. The van der Waals surface area contributed by atoms with Crippen molar-refractivity contribution in [2.24, 2.45) is 0 Å². The van der Waals surface area contributed by atoms with Gasteiger partial charge in [0.1, 0.15) is 0 Å². The van der Waals surface area contributed by atoms with Crippen LogP contribution in [0.5, 0.6) is 0 Å². The smallest absolute Gasteiger partial charge is 0.0701 e. The van der Waals surface area contributed by atoms with Gasteiger partial charge < -0.3 is 61.6 Å². The summed E-state index contributed by atoms with van der Waals surface area (Å²) >= 11 is 0. The van der Waals surface area contributed by atoms with Crippen LogP contribution in [-0.4, -0.2) is 196 Å². The molecular formula is C31H63NO13. The Morgan fingerprint density at radius 3 is 0.578 bits per heavy atom. The van der Waals surface area contributed by atoms with Gasteiger partial charge in [0.2, 0.25) is 0 Å². The quantitative estimate of drug-likeness (QED) is 0.418. The van der Waals surface area contributed by atoms with E-state index >= 15 is 0 Å². The minimum absolute atomic E-state index is 0.517. The number of hydrogen-bond acceptors (Lipinski definition) is 14. The van der Waals surface area contributed by atoms with Crippen molar-refractivity contribution in [1.82, 2.24) is 4.90 Å². The summed E-state index contributed by atoms with van der Waals surface area (Å²) in [4.78, 5) is 2.35. The zero-order valence-corrected chi connectivity index (χ0v) is 28.0. The lowest BCUT2D eigenvalue weighted by atomic mass is 10.4. The molecule has 0 aromatic carbocycles. The fourth-order valence-corrected chi connectivity index (χ4v) is 3.78. The maximum atomic E-state index is 5.73. The van der Waals surface area contributed by atoms with Crippen molar-refractivity contribution in [3.63, 3.8) is 0 Å². The van der Waals surface area contributed by atoms with E-state index in [-0.39, 0.29) is 0 Å². The van der Waals surface area contributed by atoms with E-state index < -0.39 is 0 Å². The van der Waals surface area contributed by atoms with E-state index in [1.807, 2.05) is 0 Å². The summed E-state index contributed by atoms with van der Waals surface area (Å²) in [5.41, 5.74) is 0. The van der Waals surface area contributed by atoms with Crippen LogP contribution in [0.2, 0.25) is 0 Å². The second-order valence-corrected chi connectivity index (χ2v) is 9.80. The van der Waals surface area contributed by atoms with Crippen molar-refractivity contribution in [2.75, 3.05) is 191 Å². The van der Waals surface area contributed by atoms with E-state index in [0.717, 1.165) is 26.1 Å². The molecule has 1 heterocycles. The summed E-state index contributed by atoms with van der Waals surface area (Å²) in [5, 5.41) is 0. The maximum absolute atomic E-state index is 5.73. The third kappa shape index (κ3) is 34.6. The minimum Gasteiger partial charge on any atom is -0.378 e. The van der Waals surface area contributed by atoms with Crippen LogP contribution in [0.3, 0.4) is 0 Å². The predicted octanol–water partition coefficient (Wildman–Crippen LogP) is 0.928. The van der Waals surface area contributed by atoms with Crippen LogP contribution >= 0.6 is 0 Å². The Morgan fingerprint density at radius 2 is 0.422 bits per heavy atom. The first-order chi connectivity index (χ1) is 22.4. The average molecular weight is 658 g/mol. The van der Waals surface area contributed by atoms with E-state index in [0.29, 0.717) is 172 Å². The van der Waals surface area contributed by atoms with Crippen molar-refractivity contribution in [3.8, 4) is 0 Å². The number of ether oxygens (including phenoxy) is 13. The first-order valence-corrected chi connectivity index (χ1v) is 16.7. The topological polar surface area (TPSA) is 123 Å². The highest BCUT2D eigenvalue weighted by Gasteiger charge is 2.04. The highest BCUT2D eigenvalue weighted by Crippen LogP contribution is 1.94. The Hall–Kier alpha value is -0.560. The lowest BCUT2D eigenvalue weighted by molar-refractivity contribution is -0.0298. The maximum Gasteiger partial charge on any atom is 0.0701 e. The van der Waals surface area contributed by atoms with E-state index in [2.05, 4.69) is 11.8 Å². The van der Waals surface area contributed by atoms with Crippen LogP contribution in [-0.2, 0) is 61.6 Å². The lowest BCUT2D eigenvalue weighted by Crippen LogP contribution is -2.32. The van der Waals surface area contributed by atoms with Gasteiger partial charge in [-0.05, 0) is 13.0 Å². The average Bonchev–Trinajstić information content (AvgIpc) is 3.05. The summed E-state index contributed by atoms with van der Waals surface area (Å²) in [5.74, 6) is 0. The Kier molecular flexibility index (Phi) is 35.8. The third-order valence-electron chi connectivity index (χ3n) is 6.11. The highest BCUT2D eigenvalue weighted by atomic mass is 16.6. The molecule has 45 heavy (non-hydrogen) atoms. The molecular weight excluding hydrogens is 594 g/mol. The molecule has 0 atom stereocenters. The fraction of sp³-hybridized carbons (Fsp3) is 1.00. The van der Waals surface area contributed by atoms with Gasteiger partial charge in [-0.1, -0.05) is 6.92 Å². The molecule has 270 valence electrons. The van der Waals surface area contributed by atoms with Crippen LogP contribution in [0.4, 0.5) is 0 Å². The van der Waals surface area contributed by atoms with Crippen molar-refractivity contribution in [1.29, 1.82) is 0 Å². The first kappa shape index (κ1) is 42.5. The van der Waals surface area contributed by atoms with Crippen LogP contribution in [0.1, 0.15) is 13.3 Å². The van der Waals surface area contributed by atoms with Crippen molar-refractivity contribution >= 4 is 0 Å². The molecule has 0 aromatic rings. The summed E-state index contributed by atoms with van der Waals surface area (Å²) in [6, 6.07) is 0. The molecule has 0 spiro atoms. The van der Waals surface area contributed by atoms with Gasteiger partial charge in [-0.15, -0.1) is 0 Å². The number of nitrogens with zero attached hydrogens (tertiary/aromatic N) is 1. The predicted molar refractivity (Wildman–Crippen MR) is 167 cm³/mol. The van der Waals surface area contributed by atoms with Gasteiger partial charge >= 0.3 is 0 Å². The van der Waals surface area contributed by atoms with Gasteiger partial charge in [-0.3, -0.25) is 4.90 Å². The van der Waals surface area contributed by atoms with Crippen molar-refractivity contribution in [2.45, 2.75) is 13.3 Å². The van der Waals surface area contributed by atoms with E-state index in [9.17, 15) is 0 Å². The Morgan fingerprint density at radius 1 is 0.267 bits per heavy atom. The van der Waals surface area contributed by atoms with E-state index in [1.54, 1.807) is 0 Å².